The second-order valence-electron chi connectivity index (χ2n) is 14.2. The lowest BCUT2D eigenvalue weighted by Gasteiger charge is -2.17. The highest BCUT2D eigenvalue weighted by Gasteiger charge is 2.23. The van der Waals surface area contributed by atoms with Crippen molar-refractivity contribution in [3.63, 3.8) is 0 Å². The van der Waals surface area contributed by atoms with Crippen molar-refractivity contribution in [1.82, 2.24) is 5.32 Å². The van der Waals surface area contributed by atoms with Gasteiger partial charge in [-0.15, -0.1) is 0 Å². The van der Waals surface area contributed by atoms with Crippen LogP contribution in [0.3, 0.4) is 0 Å². The number of hydrogen-bond donors (Lipinski definition) is 2. The quantitative estimate of drug-likeness (QED) is 0.0506. The molecule has 47 heavy (non-hydrogen) atoms. The van der Waals surface area contributed by atoms with E-state index in [1.807, 2.05) is 0 Å². The molecule has 1 amide bonds. The number of ether oxygens (including phenoxy) is 1. The summed E-state index contributed by atoms with van der Waals surface area (Å²) in [6.45, 7) is 4.86. The molecule has 0 spiro atoms. The van der Waals surface area contributed by atoms with Gasteiger partial charge in [0.2, 0.25) is 5.91 Å². The van der Waals surface area contributed by atoms with Crippen molar-refractivity contribution in [2.75, 3.05) is 6.61 Å². The SMILES string of the molecule is CCCCCCCCCCCCCCCCCCCC(=O)N[C@@H](CCC(=O)O)C(=O)OCCCCCCCCCCCCCCCC. The van der Waals surface area contributed by atoms with Gasteiger partial charge in [-0.25, -0.2) is 4.79 Å². The van der Waals surface area contributed by atoms with Crippen LogP contribution in [-0.2, 0) is 19.1 Å². The molecule has 0 bridgehead atoms. The van der Waals surface area contributed by atoms with Crippen LogP contribution in [0.5, 0.6) is 0 Å². The third-order valence-corrected chi connectivity index (χ3v) is 9.52. The molecule has 0 heterocycles. The maximum absolute atomic E-state index is 12.6. The van der Waals surface area contributed by atoms with Crippen LogP contribution < -0.4 is 5.32 Å². The van der Waals surface area contributed by atoms with Gasteiger partial charge < -0.3 is 15.2 Å². The molecule has 2 N–H and O–H groups in total. The number of carboxylic acid groups (broad SMARTS) is 1. The average molecular weight is 666 g/mol. The summed E-state index contributed by atoms with van der Waals surface area (Å²) in [5, 5.41) is 11.8. The van der Waals surface area contributed by atoms with Crippen molar-refractivity contribution < 1.29 is 24.2 Å². The molecule has 6 heteroatoms. The number of carbonyl (C=O) groups is 3. The molecule has 0 aromatic rings. The molecule has 0 aliphatic rings. The maximum Gasteiger partial charge on any atom is 0.328 e. The van der Waals surface area contributed by atoms with Crippen LogP contribution in [0.1, 0.15) is 232 Å². The molecule has 0 aromatic heterocycles. The maximum atomic E-state index is 12.6. The fourth-order valence-corrected chi connectivity index (χ4v) is 6.36. The number of hydrogen-bond acceptors (Lipinski definition) is 4. The molecule has 6 nitrogen and oxygen atoms in total. The Balaban J connectivity index is 3.79. The highest BCUT2D eigenvalue weighted by molar-refractivity contribution is 5.84. The Bertz CT molecular complexity index is 697. The lowest BCUT2D eigenvalue weighted by molar-refractivity contribution is -0.148. The highest BCUT2D eigenvalue weighted by Crippen LogP contribution is 2.15. The standard InChI is InChI=1S/C41H79NO5/c1-3-5-7-9-11-13-15-17-19-20-21-22-24-26-28-30-32-34-39(43)42-38(35-36-40(44)45)41(46)47-37-33-31-29-27-25-23-18-16-14-12-10-8-6-4-2/h38H,3-37H2,1-2H3,(H,42,43)(H,44,45)/t38-/m0/s1. The third-order valence-electron chi connectivity index (χ3n) is 9.52. The minimum absolute atomic E-state index is 0.0672. The second-order valence-corrected chi connectivity index (χ2v) is 14.2. The van der Waals surface area contributed by atoms with Crippen molar-refractivity contribution in [1.29, 1.82) is 0 Å². The summed E-state index contributed by atoms with van der Waals surface area (Å²) < 4.78 is 5.44. The predicted octanol–water partition coefficient (Wildman–Crippen LogP) is 12.4. The molecule has 0 rings (SSSR count). The largest absolute Gasteiger partial charge is 0.481 e. The highest BCUT2D eigenvalue weighted by atomic mass is 16.5. The van der Waals surface area contributed by atoms with E-state index in [0.717, 1.165) is 38.5 Å². The van der Waals surface area contributed by atoms with E-state index in [1.165, 1.54) is 161 Å². The Labute approximate surface area is 291 Å². The van der Waals surface area contributed by atoms with E-state index in [4.69, 9.17) is 9.84 Å². The van der Waals surface area contributed by atoms with Crippen LogP contribution >= 0.6 is 0 Å². The minimum Gasteiger partial charge on any atom is -0.481 e. The van der Waals surface area contributed by atoms with Crippen molar-refractivity contribution in [3.8, 4) is 0 Å². The van der Waals surface area contributed by atoms with E-state index in [1.54, 1.807) is 0 Å². The summed E-state index contributed by atoms with van der Waals surface area (Å²) in [5.41, 5.74) is 0. The van der Waals surface area contributed by atoms with E-state index >= 15 is 0 Å². The molecule has 0 fully saturated rings. The van der Waals surface area contributed by atoms with Gasteiger partial charge in [-0.3, -0.25) is 9.59 Å². The summed E-state index contributed by atoms with van der Waals surface area (Å²) in [7, 11) is 0. The van der Waals surface area contributed by atoms with Crippen LogP contribution in [0.25, 0.3) is 0 Å². The fourth-order valence-electron chi connectivity index (χ4n) is 6.36. The van der Waals surface area contributed by atoms with E-state index in [0.29, 0.717) is 13.0 Å². The van der Waals surface area contributed by atoms with Gasteiger partial charge in [-0.2, -0.15) is 0 Å². The Morgan fingerprint density at radius 3 is 1.13 bits per heavy atom. The number of aliphatic carboxylic acids is 1. The molecule has 278 valence electrons. The van der Waals surface area contributed by atoms with Gasteiger partial charge in [-0.1, -0.05) is 200 Å². The average Bonchev–Trinajstić information content (AvgIpc) is 3.06. The van der Waals surface area contributed by atoms with E-state index in [2.05, 4.69) is 19.2 Å². The molecule has 1 atom stereocenters. The summed E-state index contributed by atoms with van der Waals surface area (Å²) >= 11 is 0. The van der Waals surface area contributed by atoms with Crippen molar-refractivity contribution >= 4 is 17.8 Å². The van der Waals surface area contributed by atoms with Crippen molar-refractivity contribution in [2.45, 2.75) is 238 Å². The lowest BCUT2D eigenvalue weighted by Crippen LogP contribution is -2.42. The first-order chi connectivity index (χ1) is 23.0. The number of carbonyl (C=O) groups excluding carboxylic acids is 2. The van der Waals surface area contributed by atoms with Gasteiger partial charge in [0.05, 0.1) is 6.61 Å². The Morgan fingerprint density at radius 1 is 0.468 bits per heavy atom. The van der Waals surface area contributed by atoms with Crippen LogP contribution in [0.4, 0.5) is 0 Å². The lowest BCUT2D eigenvalue weighted by atomic mass is 10.0. The van der Waals surface area contributed by atoms with Gasteiger partial charge >= 0.3 is 11.9 Å². The summed E-state index contributed by atoms with van der Waals surface area (Å²) in [6.07, 6.45) is 40.0. The van der Waals surface area contributed by atoms with Crippen LogP contribution in [0.15, 0.2) is 0 Å². The third kappa shape index (κ3) is 35.5. The Kier molecular flexibility index (Phi) is 36.0. The van der Waals surface area contributed by atoms with Gasteiger partial charge in [0.15, 0.2) is 0 Å². The van der Waals surface area contributed by atoms with Crippen LogP contribution in [0.2, 0.25) is 0 Å². The first-order valence-corrected chi connectivity index (χ1v) is 20.7. The zero-order chi connectivity index (χ0) is 34.5. The summed E-state index contributed by atoms with van der Waals surface area (Å²) in [4.78, 5) is 36.2. The molecular weight excluding hydrogens is 586 g/mol. The number of unbranched alkanes of at least 4 members (excludes halogenated alkanes) is 29. The Morgan fingerprint density at radius 2 is 0.787 bits per heavy atom. The normalized spacial score (nSPS) is 11.9. The molecule has 0 aliphatic carbocycles. The van der Waals surface area contributed by atoms with Crippen molar-refractivity contribution in [3.05, 3.63) is 0 Å². The number of amides is 1. The molecule has 0 aliphatic heterocycles. The number of esters is 1. The topological polar surface area (TPSA) is 92.7 Å². The minimum atomic E-state index is -0.975. The van der Waals surface area contributed by atoms with E-state index in [-0.39, 0.29) is 18.7 Å². The summed E-state index contributed by atoms with van der Waals surface area (Å²) in [5.74, 6) is -1.66. The van der Waals surface area contributed by atoms with E-state index in [9.17, 15) is 14.4 Å². The Hall–Kier alpha value is -1.59. The number of nitrogens with one attached hydrogen (secondary N) is 1. The molecule has 0 unspecified atom stereocenters. The number of carboxylic acids is 1. The molecule has 0 saturated heterocycles. The zero-order valence-corrected chi connectivity index (χ0v) is 31.4. The fraction of sp³-hybridized carbons (Fsp3) is 0.927. The molecule has 0 saturated carbocycles. The molecule has 0 radical (unpaired) electrons. The molecule has 0 aromatic carbocycles. The second kappa shape index (κ2) is 37.2. The van der Waals surface area contributed by atoms with Crippen molar-refractivity contribution in [2.24, 2.45) is 0 Å². The van der Waals surface area contributed by atoms with E-state index < -0.39 is 18.0 Å². The predicted molar refractivity (Wildman–Crippen MR) is 199 cm³/mol. The smallest absolute Gasteiger partial charge is 0.328 e. The molecular formula is C41H79NO5. The van der Waals surface area contributed by atoms with Gasteiger partial charge in [0, 0.05) is 12.8 Å². The number of rotatable bonds is 38. The van der Waals surface area contributed by atoms with Gasteiger partial charge in [0.1, 0.15) is 6.04 Å². The van der Waals surface area contributed by atoms with Crippen LogP contribution in [-0.4, -0.2) is 35.6 Å². The monoisotopic (exact) mass is 666 g/mol. The summed E-state index contributed by atoms with van der Waals surface area (Å²) in [6, 6.07) is -0.879. The zero-order valence-electron chi connectivity index (χ0n) is 31.4. The van der Waals surface area contributed by atoms with Gasteiger partial charge in [-0.05, 0) is 19.3 Å². The van der Waals surface area contributed by atoms with Crippen LogP contribution in [0, 0.1) is 0 Å². The first kappa shape index (κ1) is 45.4. The first-order valence-electron chi connectivity index (χ1n) is 20.7. The van der Waals surface area contributed by atoms with Gasteiger partial charge in [0.25, 0.3) is 0 Å².